The number of aromatic nitrogens is 3. The Labute approximate surface area is 173 Å². The molecule has 2 aromatic heterocycles. The number of allylic oxidation sites excluding steroid dienone is 1. The Morgan fingerprint density at radius 1 is 1.23 bits per heavy atom. The molecule has 0 radical (unpaired) electrons. The zero-order valence-electron chi connectivity index (χ0n) is 16.7. The molecule has 0 amide bonds. The van der Waals surface area contributed by atoms with Crippen molar-refractivity contribution in [1.82, 2.24) is 15.2 Å². The Kier molecular flexibility index (Phi) is 5.26. The molecule has 30 heavy (non-hydrogen) atoms. The lowest BCUT2D eigenvalue weighted by Gasteiger charge is -2.24. The summed E-state index contributed by atoms with van der Waals surface area (Å²) in [5, 5.41) is 17.1. The lowest BCUT2D eigenvalue weighted by molar-refractivity contribution is 0.324. The fraction of sp³-hybridized carbons (Fsp3) is 0.227. The number of ether oxygens (including phenoxy) is 3. The van der Waals surface area contributed by atoms with E-state index in [0.717, 1.165) is 11.1 Å². The van der Waals surface area contributed by atoms with E-state index >= 15 is 0 Å². The predicted molar refractivity (Wildman–Crippen MR) is 110 cm³/mol. The predicted octanol–water partition coefficient (Wildman–Crippen LogP) is 3.49. The van der Waals surface area contributed by atoms with E-state index < -0.39 is 5.92 Å². The van der Waals surface area contributed by atoms with Crippen molar-refractivity contribution in [3.8, 4) is 34.7 Å². The molecular formula is C22H21N5O3. The summed E-state index contributed by atoms with van der Waals surface area (Å²) in [5.41, 5.74) is 9.33. The lowest BCUT2D eigenvalue weighted by Crippen LogP contribution is -2.21. The van der Waals surface area contributed by atoms with Crippen molar-refractivity contribution in [1.29, 1.82) is 5.26 Å². The molecule has 3 aromatic rings. The summed E-state index contributed by atoms with van der Waals surface area (Å²) in [4.78, 5) is 4.21. The van der Waals surface area contributed by atoms with Gasteiger partial charge < -0.3 is 19.9 Å². The van der Waals surface area contributed by atoms with Crippen LogP contribution in [-0.4, -0.2) is 28.4 Å². The van der Waals surface area contributed by atoms with Crippen molar-refractivity contribution in [3.05, 3.63) is 65.3 Å². The number of H-pyrrole nitrogens is 1. The van der Waals surface area contributed by atoms with E-state index in [-0.39, 0.29) is 5.88 Å². The number of nitrogens with one attached hydrogen (secondary N) is 1. The first-order chi connectivity index (χ1) is 14.7. The second kappa shape index (κ2) is 8.17. The van der Waals surface area contributed by atoms with Crippen molar-refractivity contribution in [2.45, 2.75) is 19.8 Å². The normalized spacial score (nSPS) is 15.2. The number of hydrogen-bond acceptors (Lipinski definition) is 7. The van der Waals surface area contributed by atoms with Crippen molar-refractivity contribution >= 4 is 0 Å². The van der Waals surface area contributed by atoms with Gasteiger partial charge in [0.2, 0.25) is 11.8 Å². The van der Waals surface area contributed by atoms with Gasteiger partial charge in [0.25, 0.3) is 0 Å². The molecule has 4 rings (SSSR count). The van der Waals surface area contributed by atoms with Gasteiger partial charge in [-0.15, -0.1) is 5.10 Å². The zero-order valence-corrected chi connectivity index (χ0v) is 16.7. The molecule has 8 nitrogen and oxygen atoms in total. The zero-order chi connectivity index (χ0) is 21.1. The van der Waals surface area contributed by atoms with Crippen LogP contribution in [0.2, 0.25) is 0 Å². The van der Waals surface area contributed by atoms with Crippen LogP contribution in [-0.2, 0) is 0 Å². The molecule has 0 aliphatic carbocycles. The number of benzene rings is 1. The molecule has 0 fully saturated rings. The van der Waals surface area contributed by atoms with Crippen LogP contribution in [0.15, 0.2) is 54.2 Å². The van der Waals surface area contributed by atoms with E-state index in [2.05, 4.69) is 21.3 Å². The number of aromatic amines is 1. The summed E-state index contributed by atoms with van der Waals surface area (Å²) in [7, 11) is 0. The number of rotatable bonds is 6. The maximum atomic E-state index is 9.79. The minimum atomic E-state index is -0.470. The summed E-state index contributed by atoms with van der Waals surface area (Å²) in [6.07, 6.45) is 3.39. The van der Waals surface area contributed by atoms with E-state index in [1.165, 1.54) is 0 Å². The Morgan fingerprint density at radius 3 is 2.77 bits per heavy atom. The van der Waals surface area contributed by atoms with Gasteiger partial charge in [-0.25, -0.2) is 0 Å². The summed E-state index contributed by atoms with van der Waals surface area (Å²) in [6, 6.07) is 11.5. The first-order valence-electron chi connectivity index (χ1n) is 9.63. The highest BCUT2D eigenvalue weighted by Crippen LogP contribution is 2.47. The van der Waals surface area contributed by atoms with Crippen LogP contribution in [0.25, 0.3) is 11.3 Å². The van der Waals surface area contributed by atoms with Gasteiger partial charge in [-0.1, -0.05) is 6.07 Å². The molecule has 1 aromatic carbocycles. The number of nitrogens with two attached hydrogens (primary N) is 1. The largest absolute Gasteiger partial charge is 0.494 e. The van der Waals surface area contributed by atoms with Crippen molar-refractivity contribution in [2.75, 3.05) is 13.2 Å². The van der Waals surface area contributed by atoms with Gasteiger partial charge in [-0.05, 0) is 37.6 Å². The highest BCUT2D eigenvalue weighted by molar-refractivity contribution is 5.76. The number of pyridine rings is 1. The summed E-state index contributed by atoms with van der Waals surface area (Å²) >= 11 is 0. The quantitative estimate of drug-likeness (QED) is 0.646. The average molecular weight is 403 g/mol. The number of hydrogen-bond donors (Lipinski definition) is 2. The van der Waals surface area contributed by atoms with Gasteiger partial charge in [0.15, 0.2) is 0 Å². The molecule has 1 atom stereocenters. The van der Waals surface area contributed by atoms with Crippen LogP contribution in [0.5, 0.6) is 17.4 Å². The molecule has 1 aliphatic heterocycles. The molecular weight excluding hydrogens is 382 g/mol. The summed E-state index contributed by atoms with van der Waals surface area (Å²) in [6.45, 7) is 4.88. The first kappa shape index (κ1) is 19.3. The fourth-order valence-corrected chi connectivity index (χ4v) is 3.57. The number of fused-ring (bicyclic) bond motifs is 1. The molecule has 0 saturated carbocycles. The highest BCUT2D eigenvalue weighted by atomic mass is 16.5. The Hall–Kier alpha value is -3.99. The standard InChI is InChI=1S/C22H21N5O3/c1-3-28-14-7-8-15(17(10-14)29-4-2)20-19-18(13-6-5-9-25-12-13)16(11-23)21(24)30-22(19)27-26-20/h5-10,12,18H,3-4,24H2,1-2H3,(H,26,27)/t18-/m1/s1. The minimum Gasteiger partial charge on any atom is -0.494 e. The van der Waals surface area contributed by atoms with Crippen LogP contribution in [0.1, 0.15) is 30.9 Å². The lowest BCUT2D eigenvalue weighted by atomic mass is 9.83. The monoisotopic (exact) mass is 403 g/mol. The smallest absolute Gasteiger partial charge is 0.244 e. The highest BCUT2D eigenvalue weighted by Gasteiger charge is 2.36. The molecule has 0 unspecified atom stereocenters. The third-order valence-corrected chi connectivity index (χ3v) is 4.79. The van der Waals surface area contributed by atoms with Crippen LogP contribution in [0.4, 0.5) is 0 Å². The second-order valence-corrected chi connectivity index (χ2v) is 6.55. The Balaban J connectivity index is 1.91. The van der Waals surface area contributed by atoms with Gasteiger partial charge in [0, 0.05) is 24.0 Å². The fourth-order valence-electron chi connectivity index (χ4n) is 3.57. The average Bonchev–Trinajstić information content (AvgIpc) is 3.17. The summed E-state index contributed by atoms with van der Waals surface area (Å²) < 4.78 is 17.1. The molecule has 3 N–H and O–H groups in total. The number of nitriles is 1. The van der Waals surface area contributed by atoms with Gasteiger partial charge >= 0.3 is 0 Å². The van der Waals surface area contributed by atoms with Crippen molar-refractivity contribution in [2.24, 2.45) is 5.73 Å². The SMILES string of the molecule is CCOc1ccc(-c2[nH]nc3c2[C@H](c2cccnc2)C(C#N)=C(N)O3)c(OCC)c1. The summed E-state index contributed by atoms with van der Waals surface area (Å²) in [5.74, 6) is 1.24. The van der Waals surface area contributed by atoms with Crippen LogP contribution in [0.3, 0.4) is 0 Å². The van der Waals surface area contributed by atoms with Gasteiger partial charge in [-0.2, -0.15) is 5.26 Å². The van der Waals surface area contributed by atoms with Crippen LogP contribution < -0.4 is 19.9 Å². The Bertz CT molecular complexity index is 1130. The molecule has 152 valence electrons. The van der Waals surface area contributed by atoms with Gasteiger partial charge in [0.05, 0.1) is 30.4 Å². The maximum Gasteiger partial charge on any atom is 0.244 e. The molecule has 1 aliphatic rings. The van der Waals surface area contributed by atoms with Crippen LogP contribution in [0, 0.1) is 11.3 Å². The Morgan fingerprint density at radius 2 is 2.07 bits per heavy atom. The van der Waals surface area contributed by atoms with E-state index in [0.29, 0.717) is 47.4 Å². The minimum absolute atomic E-state index is 0.0358. The first-order valence-corrected chi connectivity index (χ1v) is 9.63. The van der Waals surface area contributed by atoms with E-state index in [1.54, 1.807) is 12.4 Å². The van der Waals surface area contributed by atoms with E-state index in [1.807, 2.05) is 44.2 Å². The van der Waals surface area contributed by atoms with Crippen molar-refractivity contribution < 1.29 is 14.2 Å². The van der Waals surface area contributed by atoms with E-state index in [9.17, 15) is 5.26 Å². The molecule has 0 spiro atoms. The second-order valence-electron chi connectivity index (χ2n) is 6.55. The van der Waals surface area contributed by atoms with Gasteiger partial charge in [-0.3, -0.25) is 10.1 Å². The third-order valence-electron chi connectivity index (χ3n) is 4.79. The number of nitrogens with zero attached hydrogens (tertiary/aromatic N) is 3. The van der Waals surface area contributed by atoms with E-state index in [4.69, 9.17) is 19.9 Å². The topological polar surface area (TPSA) is 119 Å². The van der Waals surface area contributed by atoms with Gasteiger partial charge in [0.1, 0.15) is 23.1 Å². The molecule has 8 heteroatoms. The van der Waals surface area contributed by atoms with Crippen molar-refractivity contribution in [3.63, 3.8) is 0 Å². The third kappa shape index (κ3) is 3.31. The molecule has 3 heterocycles. The molecule has 0 bridgehead atoms. The van der Waals surface area contributed by atoms with Crippen LogP contribution >= 0.6 is 0 Å². The molecule has 0 saturated heterocycles. The maximum absolute atomic E-state index is 9.79.